The summed E-state index contributed by atoms with van der Waals surface area (Å²) >= 11 is 5.98. The van der Waals surface area contributed by atoms with Crippen molar-refractivity contribution >= 4 is 41.0 Å². The molecule has 3 atom stereocenters. The van der Waals surface area contributed by atoms with Gasteiger partial charge >= 0.3 is 0 Å². The van der Waals surface area contributed by atoms with Crippen molar-refractivity contribution in [3.05, 3.63) is 64.8 Å². The molecule has 3 aromatic rings. The smallest absolute Gasteiger partial charge is 0.286 e. The zero-order chi connectivity index (χ0) is 38.2. The average Bonchev–Trinajstić information content (AvgIpc) is 3.78. The van der Waals surface area contributed by atoms with Crippen molar-refractivity contribution in [2.75, 3.05) is 6.54 Å². The summed E-state index contributed by atoms with van der Waals surface area (Å²) in [5.74, 6) is -2.46. The summed E-state index contributed by atoms with van der Waals surface area (Å²) in [6.45, 7) is 13.4. The van der Waals surface area contributed by atoms with Gasteiger partial charge in [0.1, 0.15) is 17.8 Å². The third-order valence-electron chi connectivity index (χ3n) is 9.13. The second-order valence-corrected chi connectivity index (χ2v) is 15.2. The van der Waals surface area contributed by atoms with Crippen molar-refractivity contribution in [3.63, 3.8) is 0 Å². The largest absolute Gasteiger partial charge is 0.414 e. The summed E-state index contributed by atoms with van der Waals surface area (Å²) in [4.78, 5) is 72.2. The molecule has 1 saturated heterocycles. The normalized spacial score (nSPS) is 15.7. The van der Waals surface area contributed by atoms with Crippen molar-refractivity contribution in [2.45, 2.75) is 111 Å². The Hall–Kier alpha value is -4.65. The summed E-state index contributed by atoms with van der Waals surface area (Å²) in [6, 6.07) is 7.96. The maximum absolute atomic E-state index is 13.9. The maximum Gasteiger partial charge on any atom is 0.286 e. The minimum absolute atomic E-state index is 0.194. The molecule has 3 N–H and O–H groups in total. The number of aromatic nitrogens is 3. The molecule has 52 heavy (non-hydrogen) atoms. The van der Waals surface area contributed by atoms with E-state index in [-0.39, 0.29) is 53.5 Å². The van der Waals surface area contributed by atoms with E-state index >= 15 is 0 Å². The van der Waals surface area contributed by atoms with Crippen molar-refractivity contribution in [2.24, 2.45) is 11.8 Å². The number of Topliss-reactive ketones (excluding diaryl/α,β-unsaturated/α-hetero) is 1. The molecule has 1 aliphatic rings. The van der Waals surface area contributed by atoms with Gasteiger partial charge in [-0.3, -0.25) is 29.0 Å². The summed E-state index contributed by atoms with van der Waals surface area (Å²) < 4.78 is 5.70. The first kappa shape index (κ1) is 40.1. The Morgan fingerprint density at radius 1 is 0.962 bits per heavy atom. The summed E-state index contributed by atoms with van der Waals surface area (Å²) in [7, 11) is 0. The van der Waals surface area contributed by atoms with Crippen molar-refractivity contribution in [1.29, 1.82) is 0 Å². The van der Waals surface area contributed by atoms with Crippen LogP contribution in [0.5, 0.6) is 0 Å². The number of aryl methyl sites for hydroxylation is 1. The molecule has 3 heterocycles. The highest BCUT2D eigenvalue weighted by Crippen LogP contribution is 2.23. The first-order valence-electron chi connectivity index (χ1n) is 17.9. The molecule has 14 heteroatoms. The summed E-state index contributed by atoms with van der Waals surface area (Å²) in [5, 5.41) is 17.1. The van der Waals surface area contributed by atoms with E-state index in [0.717, 1.165) is 5.56 Å². The van der Waals surface area contributed by atoms with Gasteiger partial charge in [-0.05, 0) is 82.6 Å². The van der Waals surface area contributed by atoms with E-state index in [1.54, 1.807) is 19.9 Å². The number of nitrogens with one attached hydrogen (secondary N) is 3. The van der Waals surface area contributed by atoms with E-state index in [0.29, 0.717) is 49.2 Å². The molecule has 0 aliphatic carbocycles. The number of benzene rings is 1. The number of hydrogen-bond donors (Lipinski definition) is 3. The molecule has 0 bridgehead atoms. The zero-order valence-electron chi connectivity index (χ0n) is 31.0. The van der Waals surface area contributed by atoms with Crippen LogP contribution in [0.1, 0.15) is 107 Å². The minimum Gasteiger partial charge on any atom is -0.414 e. The third kappa shape index (κ3) is 10.7. The van der Waals surface area contributed by atoms with Crippen LogP contribution in [0.3, 0.4) is 0 Å². The fourth-order valence-corrected chi connectivity index (χ4v) is 6.27. The Balaban J connectivity index is 1.31. The fraction of sp³-hybridized carbons (Fsp3) is 0.526. The average molecular weight is 736 g/mol. The number of halogens is 1. The molecule has 1 aliphatic heterocycles. The number of unbranched alkanes of at least 4 members (excludes halogenated alkanes) is 1. The molecule has 4 rings (SSSR count). The molecule has 0 saturated carbocycles. The lowest BCUT2D eigenvalue weighted by Crippen LogP contribution is -2.57. The number of carbonyl (C=O) groups excluding carboxylic acids is 5. The van der Waals surface area contributed by atoms with Gasteiger partial charge in [0.25, 0.3) is 11.8 Å². The number of likely N-dealkylation sites (tertiary alicyclic amines) is 1. The molecular formula is C38H50ClN7O6. The third-order valence-corrected chi connectivity index (χ3v) is 9.37. The van der Waals surface area contributed by atoms with Crippen LogP contribution in [0.2, 0.25) is 5.02 Å². The van der Waals surface area contributed by atoms with Gasteiger partial charge in [-0.15, -0.1) is 10.2 Å². The Labute approximate surface area is 310 Å². The Bertz CT molecular complexity index is 1740. The summed E-state index contributed by atoms with van der Waals surface area (Å²) in [5.41, 5.74) is 1.42. The lowest BCUT2D eigenvalue weighted by atomic mass is 9.96. The van der Waals surface area contributed by atoms with Crippen LogP contribution in [0.4, 0.5) is 0 Å². The molecule has 0 unspecified atom stereocenters. The molecule has 4 amide bonds. The lowest BCUT2D eigenvalue weighted by Gasteiger charge is -2.31. The van der Waals surface area contributed by atoms with Gasteiger partial charge in [0.15, 0.2) is 0 Å². The Morgan fingerprint density at radius 3 is 2.31 bits per heavy atom. The molecule has 13 nitrogen and oxygen atoms in total. The van der Waals surface area contributed by atoms with Gasteiger partial charge in [-0.2, -0.15) is 0 Å². The first-order chi connectivity index (χ1) is 24.6. The van der Waals surface area contributed by atoms with Crippen LogP contribution in [-0.4, -0.2) is 79.7 Å². The second kappa shape index (κ2) is 17.7. The SMILES string of the molecule is Cc1ccc(-c2nnc(C(=O)[C@@H](NC(=O)[C@@H]3CCCN3C(=O)[C@@H](NC(=O)CCCCC(C)(C)NC(=O)c3cc(Cl)ccn3)C(C)C)C(C)C)o2)cc1. The monoisotopic (exact) mass is 735 g/mol. The van der Waals surface area contributed by atoms with E-state index in [1.807, 2.05) is 58.9 Å². The Morgan fingerprint density at radius 2 is 1.65 bits per heavy atom. The number of pyridine rings is 1. The number of hydrogen-bond acceptors (Lipinski definition) is 9. The molecule has 1 fully saturated rings. The van der Waals surface area contributed by atoms with Crippen molar-refractivity contribution < 1.29 is 28.4 Å². The predicted molar refractivity (Wildman–Crippen MR) is 196 cm³/mol. The van der Waals surface area contributed by atoms with Crippen LogP contribution in [0.25, 0.3) is 11.5 Å². The lowest BCUT2D eigenvalue weighted by molar-refractivity contribution is -0.142. The molecule has 0 radical (unpaired) electrons. The van der Waals surface area contributed by atoms with Crippen LogP contribution in [0.15, 0.2) is 47.0 Å². The highest BCUT2D eigenvalue weighted by molar-refractivity contribution is 6.30. The topological polar surface area (TPSA) is 176 Å². The van der Waals surface area contributed by atoms with Crippen LogP contribution in [0, 0.1) is 18.8 Å². The van der Waals surface area contributed by atoms with E-state index in [4.69, 9.17) is 16.0 Å². The first-order valence-corrected chi connectivity index (χ1v) is 18.2. The van der Waals surface area contributed by atoms with Gasteiger partial charge in [0.05, 0.1) is 6.04 Å². The molecule has 1 aromatic carbocycles. The fourth-order valence-electron chi connectivity index (χ4n) is 6.11. The van der Waals surface area contributed by atoms with E-state index < -0.39 is 35.4 Å². The van der Waals surface area contributed by atoms with Gasteiger partial charge in [0.2, 0.25) is 29.4 Å². The van der Waals surface area contributed by atoms with Gasteiger partial charge in [-0.25, -0.2) is 0 Å². The van der Waals surface area contributed by atoms with Gasteiger partial charge < -0.3 is 25.3 Å². The Kier molecular flexibility index (Phi) is 13.7. The highest BCUT2D eigenvalue weighted by atomic mass is 35.5. The van der Waals surface area contributed by atoms with E-state index in [9.17, 15) is 24.0 Å². The number of carbonyl (C=O) groups is 5. The molecular weight excluding hydrogens is 686 g/mol. The standard InChI is InChI=1S/C38H50ClN7O6/c1-22(2)30(32(48)36-45-44-35(52-36)25-15-13-24(5)14-16-25)42-34(50)28-11-10-20-46(28)37(51)31(23(3)4)41-29(47)12-8-9-18-38(6,7)43-33(49)27-21-26(39)17-19-40-27/h13-17,19,21-23,28,30-31H,8-12,18,20H2,1-7H3,(H,41,47)(H,42,50)(H,43,49)/t28-,30-,31-/m0/s1. The maximum atomic E-state index is 13.9. The van der Waals surface area contributed by atoms with Crippen molar-refractivity contribution in [1.82, 2.24) is 36.0 Å². The summed E-state index contributed by atoms with van der Waals surface area (Å²) in [6.07, 6.45) is 4.52. The minimum atomic E-state index is -0.955. The van der Waals surface area contributed by atoms with Gasteiger partial charge in [-0.1, -0.05) is 63.4 Å². The van der Waals surface area contributed by atoms with Crippen LogP contribution < -0.4 is 16.0 Å². The number of amides is 4. The highest BCUT2D eigenvalue weighted by Gasteiger charge is 2.40. The molecule has 0 spiro atoms. The predicted octanol–water partition coefficient (Wildman–Crippen LogP) is 5.32. The number of nitrogens with zero attached hydrogens (tertiary/aromatic N) is 4. The van der Waals surface area contributed by atoms with Crippen LogP contribution in [-0.2, 0) is 14.4 Å². The van der Waals surface area contributed by atoms with Crippen LogP contribution >= 0.6 is 11.6 Å². The van der Waals surface area contributed by atoms with Crippen molar-refractivity contribution in [3.8, 4) is 11.5 Å². The number of rotatable bonds is 16. The zero-order valence-corrected chi connectivity index (χ0v) is 31.8. The second-order valence-electron chi connectivity index (χ2n) is 14.8. The molecule has 280 valence electrons. The van der Waals surface area contributed by atoms with E-state index in [1.165, 1.54) is 17.2 Å². The van der Waals surface area contributed by atoms with E-state index in [2.05, 4.69) is 31.1 Å². The number of ketones is 1. The van der Waals surface area contributed by atoms with Gasteiger partial charge in [0, 0.05) is 35.3 Å². The quantitative estimate of drug-likeness (QED) is 0.130. The molecule has 2 aromatic heterocycles.